The molecule has 1 saturated carbocycles. The van der Waals surface area contributed by atoms with Crippen LogP contribution >= 0.6 is 0 Å². The summed E-state index contributed by atoms with van der Waals surface area (Å²) in [4.78, 5) is 16.9. The van der Waals surface area contributed by atoms with Crippen molar-refractivity contribution in [3.63, 3.8) is 0 Å². The molecule has 0 saturated heterocycles. The van der Waals surface area contributed by atoms with Crippen LogP contribution in [-0.4, -0.2) is 27.8 Å². The number of amides is 1. The van der Waals surface area contributed by atoms with Crippen LogP contribution in [-0.2, 0) is 0 Å². The van der Waals surface area contributed by atoms with Gasteiger partial charge in [0, 0.05) is 23.3 Å². The Morgan fingerprint density at radius 1 is 1.20 bits per heavy atom. The van der Waals surface area contributed by atoms with E-state index in [0.717, 1.165) is 16.6 Å². The molecule has 0 bridgehead atoms. The average molecular weight is 409 g/mol. The fraction of sp³-hybridized carbons (Fsp3) is 0.458. The van der Waals surface area contributed by atoms with Crippen molar-refractivity contribution < 1.29 is 9.53 Å². The molecule has 1 aliphatic rings. The predicted molar refractivity (Wildman–Crippen MR) is 121 cm³/mol. The quantitative estimate of drug-likeness (QED) is 0.581. The van der Waals surface area contributed by atoms with Crippen LogP contribution in [0.15, 0.2) is 36.5 Å². The van der Waals surface area contributed by atoms with Gasteiger partial charge in [-0.25, -0.2) is 4.98 Å². The van der Waals surface area contributed by atoms with Crippen molar-refractivity contribution in [2.45, 2.75) is 65.3 Å². The van der Waals surface area contributed by atoms with Crippen LogP contribution in [0.25, 0.3) is 10.9 Å². The Morgan fingerprint density at radius 3 is 2.60 bits per heavy atom. The van der Waals surface area contributed by atoms with E-state index in [4.69, 9.17) is 9.84 Å². The first-order valence-corrected chi connectivity index (χ1v) is 10.9. The number of benzene rings is 1. The lowest BCUT2D eigenvalue weighted by Gasteiger charge is -2.21. The highest BCUT2D eigenvalue weighted by molar-refractivity contribution is 6.05. The number of pyridine rings is 1. The third-order valence-electron chi connectivity index (χ3n) is 5.16. The number of carbonyl (C=O) groups is 1. The summed E-state index contributed by atoms with van der Waals surface area (Å²) in [6, 6.07) is 9.66. The highest BCUT2D eigenvalue weighted by Gasteiger charge is 2.18. The van der Waals surface area contributed by atoms with Crippen LogP contribution in [0.1, 0.15) is 74.6 Å². The number of methoxy groups -OCH3 is 1. The summed E-state index contributed by atoms with van der Waals surface area (Å²) >= 11 is 0. The Labute approximate surface area is 178 Å². The molecule has 6 heteroatoms. The third-order valence-corrected chi connectivity index (χ3v) is 5.16. The van der Waals surface area contributed by atoms with Crippen molar-refractivity contribution in [3.05, 3.63) is 47.9 Å². The summed E-state index contributed by atoms with van der Waals surface area (Å²) in [7, 11) is 1.60. The zero-order valence-corrected chi connectivity index (χ0v) is 18.4. The van der Waals surface area contributed by atoms with Crippen LogP contribution in [0.2, 0.25) is 0 Å². The number of aryl methyl sites for hydroxylation is 1. The average Bonchev–Trinajstić information content (AvgIpc) is 3.17. The number of hydrogen-bond acceptors (Lipinski definition) is 4. The smallest absolute Gasteiger partial charge is 0.274 e. The van der Waals surface area contributed by atoms with Gasteiger partial charge in [-0.05, 0) is 38.0 Å². The first-order chi connectivity index (χ1) is 14.5. The summed E-state index contributed by atoms with van der Waals surface area (Å²) in [5, 5.41) is 8.66. The highest BCUT2D eigenvalue weighted by Crippen LogP contribution is 2.33. The Hall–Kier alpha value is -2.89. The molecule has 1 fully saturated rings. The van der Waals surface area contributed by atoms with Gasteiger partial charge in [0.05, 0.1) is 24.4 Å². The molecule has 0 radical (unpaired) electrons. The summed E-state index contributed by atoms with van der Waals surface area (Å²) < 4.78 is 7.56. The first-order valence-electron chi connectivity index (χ1n) is 10.9. The van der Waals surface area contributed by atoms with E-state index in [1.165, 1.54) is 38.5 Å². The minimum atomic E-state index is -0.254. The van der Waals surface area contributed by atoms with Gasteiger partial charge < -0.3 is 10.1 Å². The second-order valence-electron chi connectivity index (χ2n) is 7.84. The fourth-order valence-corrected chi connectivity index (χ4v) is 3.73. The minimum Gasteiger partial charge on any atom is -0.494 e. The van der Waals surface area contributed by atoms with Gasteiger partial charge in [-0.3, -0.25) is 9.48 Å². The maximum Gasteiger partial charge on any atom is 0.274 e. The molecular weight excluding hydrogens is 376 g/mol. The fourth-order valence-electron chi connectivity index (χ4n) is 3.73. The molecule has 160 valence electrons. The molecule has 30 heavy (non-hydrogen) atoms. The summed E-state index contributed by atoms with van der Waals surface area (Å²) in [5.41, 5.74) is 2.69. The van der Waals surface area contributed by atoms with Gasteiger partial charge in [-0.15, -0.1) is 0 Å². The number of carbonyl (C=O) groups excluding carboxylic acids is 1. The summed E-state index contributed by atoms with van der Waals surface area (Å²) in [5.74, 6) is 0.341. The second-order valence-corrected chi connectivity index (χ2v) is 7.84. The minimum absolute atomic E-state index is 0.254. The molecule has 1 amide bonds. The number of nitrogens with zero attached hydrogens (tertiary/aromatic N) is 3. The zero-order chi connectivity index (χ0) is 21.5. The van der Waals surface area contributed by atoms with E-state index >= 15 is 0 Å². The standard InChI is InChI=1S/C21H24N4O2.C3H8/c1-14-7-6-10-17(22-14)21(26)23-19-11-15-13-25(16-8-4-3-5-9-16)24-18(15)12-20(19)27-2;1-3-2/h6-7,10-13,16H,3-5,8-9H2,1-2H3,(H,23,26);3H2,1-2H3. The van der Waals surface area contributed by atoms with Crippen molar-refractivity contribution >= 4 is 22.5 Å². The highest BCUT2D eigenvalue weighted by atomic mass is 16.5. The van der Waals surface area contributed by atoms with Gasteiger partial charge in [0.2, 0.25) is 0 Å². The van der Waals surface area contributed by atoms with Crippen molar-refractivity contribution in [1.29, 1.82) is 0 Å². The number of anilines is 1. The number of nitrogens with one attached hydrogen (secondary N) is 1. The molecule has 0 atom stereocenters. The largest absolute Gasteiger partial charge is 0.494 e. The Kier molecular flexibility index (Phi) is 7.44. The van der Waals surface area contributed by atoms with Gasteiger partial charge in [-0.1, -0.05) is 45.6 Å². The summed E-state index contributed by atoms with van der Waals surface area (Å²) in [6.45, 7) is 6.11. The topological polar surface area (TPSA) is 69.0 Å². The Balaban J connectivity index is 0.000000806. The van der Waals surface area contributed by atoms with Crippen LogP contribution in [0.5, 0.6) is 5.75 Å². The molecule has 1 aliphatic carbocycles. The van der Waals surface area contributed by atoms with E-state index < -0.39 is 0 Å². The molecule has 3 aromatic rings. The third kappa shape index (κ3) is 5.17. The predicted octanol–water partition coefficient (Wildman–Crippen LogP) is 5.92. The Morgan fingerprint density at radius 2 is 1.93 bits per heavy atom. The molecular formula is C24H32N4O2. The maximum absolute atomic E-state index is 12.6. The van der Waals surface area contributed by atoms with Crippen molar-refractivity contribution in [2.24, 2.45) is 0 Å². The van der Waals surface area contributed by atoms with Crippen LogP contribution in [0, 0.1) is 6.92 Å². The number of hydrogen-bond donors (Lipinski definition) is 1. The van der Waals surface area contributed by atoms with Crippen LogP contribution in [0.4, 0.5) is 5.69 Å². The molecule has 0 unspecified atom stereocenters. The van der Waals surface area contributed by atoms with Crippen molar-refractivity contribution in [2.75, 3.05) is 12.4 Å². The van der Waals surface area contributed by atoms with Crippen molar-refractivity contribution in [1.82, 2.24) is 14.8 Å². The number of aromatic nitrogens is 3. The van der Waals surface area contributed by atoms with E-state index in [9.17, 15) is 4.79 Å². The molecule has 1 aromatic carbocycles. The van der Waals surface area contributed by atoms with Crippen LogP contribution < -0.4 is 10.1 Å². The van der Waals surface area contributed by atoms with Gasteiger partial charge in [-0.2, -0.15) is 5.10 Å². The lowest BCUT2D eigenvalue weighted by atomic mass is 9.96. The van der Waals surface area contributed by atoms with E-state index in [1.54, 1.807) is 13.2 Å². The Bertz CT molecular complexity index is 990. The van der Waals surface area contributed by atoms with Crippen LogP contribution in [0.3, 0.4) is 0 Å². The zero-order valence-electron chi connectivity index (χ0n) is 18.4. The van der Waals surface area contributed by atoms with E-state index in [0.29, 0.717) is 23.2 Å². The lowest BCUT2D eigenvalue weighted by molar-refractivity contribution is 0.102. The molecule has 2 aromatic heterocycles. The van der Waals surface area contributed by atoms with E-state index in [1.807, 2.05) is 31.2 Å². The number of fused-ring (bicyclic) bond motifs is 1. The molecule has 6 nitrogen and oxygen atoms in total. The molecule has 0 spiro atoms. The van der Waals surface area contributed by atoms with Gasteiger partial charge >= 0.3 is 0 Å². The number of rotatable bonds is 4. The number of ether oxygens (including phenoxy) is 1. The van der Waals surface area contributed by atoms with Gasteiger partial charge in [0.1, 0.15) is 11.4 Å². The second kappa shape index (κ2) is 10.2. The molecule has 0 aliphatic heterocycles. The van der Waals surface area contributed by atoms with E-state index in [2.05, 4.69) is 35.0 Å². The first kappa shape index (κ1) is 21.8. The van der Waals surface area contributed by atoms with Gasteiger partial charge in [0.15, 0.2) is 0 Å². The maximum atomic E-state index is 12.6. The molecule has 4 rings (SSSR count). The lowest BCUT2D eigenvalue weighted by Crippen LogP contribution is -2.14. The molecule has 1 N–H and O–H groups in total. The summed E-state index contributed by atoms with van der Waals surface area (Å²) in [6.07, 6.45) is 9.51. The monoisotopic (exact) mass is 408 g/mol. The van der Waals surface area contributed by atoms with E-state index in [-0.39, 0.29) is 5.91 Å². The van der Waals surface area contributed by atoms with Crippen molar-refractivity contribution in [3.8, 4) is 5.75 Å². The molecule has 2 heterocycles. The normalized spacial score (nSPS) is 14.1. The van der Waals surface area contributed by atoms with Gasteiger partial charge in [0.25, 0.3) is 5.91 Å². The SMILES string of the molecule is CCC.COc1cc2nn(C3CCCCC3)cc2cc1NC(=O)c1cccc(C)n1.